The number of amides is 1. The summed E-state index contributed by atoms with van der Waals surface area (Å²) in [6.07, 6.45) is 3.38. The Morgan fingerprint density at radius 1 is 1.35 bits per heavy atom. The molecule has 4 nitrogen and oxygen atoms in total. The first-order valence-electron chi connectivity index (χ1n) is 7.89. The van der Waals surface area contributed by atoms with Gasteiger partial charge in [-0.1, -0.05) is 12.1 Å². The average Bonchev–Trinajstić information content (AvgIpc) is 3.20. The molecule has 0 saturated carbocycles. The van der Waals surface area contributed by atoms with Gasteiger partial charge in [0, 0.05) is 19.0 Å². The van der Waals surface area contributed by atoms with Gasteiger partial charge in [-0.2, -0.15) is 0 Å². The van der Waals surface area contributed by atoms with Crippen LogP contribution in [0.3, 0.4) is 0 Å². The highest BCUT2D eigenvalue weighted by Crippen LogP contribution is 2.28. The van der Waals surface area contributed by atoms with Gasteiger partial charge in [0.2, 0.25) is 5.91 Å². The van der Waals surface area contributed by atoms with Crippen molar-refractivity contribution in [2.75, 3.05) is 6.54 Å². The lowest BCUT2D eigenvalue weighted by Crippen LogP contribution is -2.37. The van der Waals surface area contributed by atoms with Gasteiger partial charge < -0.3 is 14.4 Å². The summed E-state index contributed by atoms with van der Waals surface area (Å²) in [5.74, 6) is 0.246. The second-order valence-corrected chi connectivity index (χ2v) is 5.95. The number of rotatable bonds is 5. The molecule has 1 aliphatic rings. The third-order valence-corrected chi connectivity index (χ3v) is 4.33. The Balaban J connectivity index is 1.61. The standard InChI is InChI=1S/C18H20FNO3/c19-14-7-5-13(6-8-14)11-18(22)20-9-1-3-15(20)12-16(21)17-4-2-10-23-17/h2,4-8,10,15-16,21H,1,3,9,11-12H2. The summed E-state index contributed by atoms with van der Waals surface area (Å²) in [4.78, 5) is 14.3. The number of aliphatic hydroxyl groups excluding tert-OH is 1. The molecule has 0 spiro atoms. The minimum absolute atomic E-state index is 0.0167. The highest BCUT2D eigenvalue weighted by atomic mass is 19.1. The van der Waals surface area contributed by atoms with E-state index in [4.69, 9.17) is 4.42 Å². The normalized spacial score (nSPS) is 19.0. The maximum absolute atomic E-state index is 12.9. The molecule has 1 saturated heterocycles. The first-order chi connectivity index (χ1) is 11.1. The number of furan rings is 1. The van der Waals surface area contributed by atoms with Gasteiger partial charge in [-0.05, 0) is 42.7 Å². The van der Waals surface area contributed by atoms with E-state index < -0.39 is 6.10 Å². The van der Waals surface area contributed by atoms with Crippen molar-refractivity contribution in [3.05, 3.63) is 59.8 Å². The summed E-state index contributed by atoms with van der Waals surface area (Å²) in [5, 5.41) is 10.2. The number of likely N-dealkylation sites (tertiary alicyclic amines) is 1. The Morgan fingerprint density at radius 2 is 2.13 bits per heavy atom. The molecule has 23 heavy (non-hydrogen) atoms. The number of hydrogen-bond acceptors (Lipinski definition) is 3. The van der Waals surface area contributed by atoms with E-state index in [1.807, 2.05) is 4.90 Å². The molecule has 122 valence electrons. The van der Waals surface area contributed by atoms with E-state index in [-0.39, 0.29) is 24.2 Å². The third kappa shape index (κ3) is 3.79. The van der Waals surface area contributed by atoms with Crippen molar-refractivity contribution in [1.29, 1.82) is 0 Å². The van der Waals surface area contributed by atoms with Crippen LogP contribution in [0.2, 0.25) is 0 Å². The fourth-order valence-electron chi connectivity index (χ4n) is 3.14. The van der Waals surface area contributed by atoms with Crippen molar-refractivity contribution in [3.8, 4) is 0 Å². The van der Waals surface area contributed by atoms with E-state index in [2.05, 4.69) is 0 Å². The summed E-state index contributed by atoms with van der Waals surface area (Å²) >= 11 is 0. The Kier molecular flexibility index (Phi) is 4.76. The minimum Gasteiger partial charge on any atom is -0.467 e. The highest BCUT2D eigenvalue weighted by molar-refractivity contribution is 5.79. The molecule has 0 bridgehead atoms. The lowest BCUT2D eigenvalue weighted by molar-refractivity contribution is -0.131. The van der Waals surface area contributed by atoms with Crippen molar-refractivity contribution in [3.63, 3.8) is 0 Å². The van der Waals surface area contributed by atoms with Crippen LogP contribution in [0.15, 0.2) is 47.1 Å². The summed E-state index contributed by atoms with van der Waals surface area (Å²) in [5.41, 5.74) is 0.800. The molecular weight excluding hydrogens is 297 g/mol. The number of nitrogens with zero attached hydrogens (tertiary/aromatic N) is 1. The summed E-state index contributed by atoms with van der Waals surface area (Å²) in [6.45, 7) is 0.704. The molecule has 3 rings (SSSR count). The number of hydrogen-bond donors (Lipinski definition) is 1. The van der Waals surface area contributed by atoms with Crippen LogP contribution in [0.1, 0.15) is 36.7 Å². The number of carbonyl (C=O) groups is 1. The maximum atomic E-state index is 12.9. The first-order valence-corrected chi connectivity index (χ1v) is 7.89. The second kappa shape index (κ2) is 6.96. The largest absolute Gasteiger partial charge is 0.467 e. The lowest BCUT2D eigenvalue weighted by Gasteiger charge is -2.26. The van der Waals surface area contributed by atoms with Gasteiger partial charge in [0.1, 0.15) is 17.7 Å². The van der Waals surface area contributed by atoms with Crippen LogP contribution < -0.4 is 0 Å². The molecule has 1 N–H and O–H groups in total. The third-order valence-electron chi connectivity index (χ3n) is 4.33. The Bertz CT molecular complexity index is 639. The van der Waals surface area contributed by atoms with Crippen LogP contribution in [0.25, 0.3) is 0 Å². The lowest BCUT2D eigenvalue weighted by atomic mass is 10.0. The van der Waals surface area contributed by atoms with Crippen molar-refractivity contribution < 1.29 is 18.7 Å². The van der Waals surface area contributed by atoms with Crippen LogP contribution in [0.4, 0.5) is 4.39 Å². The molecule has 1 aliphatic heterocycles. The number of benzene rings is 1. The van der Waals surface area contributed by atoms with E-state index in [1.165, 1.54) is 18.4 Å². The number of halogens is 1. The van der Waals surface area contributed by atoms with Crippen LogP contribution in [0.5, 0.6) is 0 Å². The Hall–Kier alpha value is -2.14. The average molecular weight is 317 g/mol. The van der Waals surface area contributed by atoms with Crippen molar-refractivity contribution in [2.24, 2.45) is 0 Å². The van der Waals surface area contributed by atoms with E-state index in [9.17, 15) is 14.3 Å². The van der Waals surface area contributed by atoms with Crippen LogP contribution in [-0.2, 0) is 11.2 Å². The first kappa shape index (κ1) is 15.7. The van der Waals surface area contributed by atoms with Gasteiger partial charge in [-0.15, -0.1) is 0 Å². The fraction of sp³-hybridized carbons (Fsp3) is 0.389. The predicted molar refractivity (Wildman–Crippen MR) is 83.1 cm³/mol. The van der Waals surface area contributed by atoms with Gasteiger partial charge in [-0.25, -0.2) is 4.39 Å². The SMILES string of the molecule is O=C(Cc1ccc(F)cc1)N1CCCC1CC(O)c1ccco1. The van der Waals surface area contributed by atoms with E-state index in [0.717, 1.165) is 18.4 Å². The van der Waals surface area contributed by atoms with Gasteiger partial charge in [-0.3, -0.25) is 4.79 Å². The molecule has 2 aromatic rings. The molecule has 0 radical (unpaired) electrons. The Morgan fingerprint density at radius 3 is 2.83 bits per heavy atom. The topological polar surface area (TPSA) is 53.7 Å². The van der Waals surface area contributed by atoms with Crippen LogP contribution >= 0.6 is 0 Å². The van der Waals surface area contributed by atoms with Crippen molar-refractivity contribution in [2.45, 2.75) is 37.8 Å². The van der Waals surface area contributed by atoms with Gasteiger partial charge >= 0.3 is 0 Å². The van der Waals surface area contributed by atoms with Crippen LogP contribution in [-0.4, -0.2) is 28.5 Å². The van der Waals surface area contributed by atoms with E-state index in [1.54, 1.807) is 24.3 Å². The summed E-state index contributed by atoms with van der Waals surface area (Å²) in [6, 6.07) is 9.50. The highest BCUT2D eigenvalue weighted by Gasteiger charge is 2.31. The summed E-state index contributed by atoms with van der Waals surface area (Å²) < 4.78 is 18.2. The molecule has 0 aliphatic carbocycles. The molecule has 2 unspecified atom stereocenters. The molecular formula is C18H20FNO3. The van der Waals surface area contributed by atoms with E-state index >= 15 is 0 Å². The Labute approximate surface area is 134 Å². The predicted octanol–water partition coefficient (Wildman–Crippen LogP) is 3.08. The molecule has 2 heterocycles. The molecule has 1 aromatic heterocycles. The van der Waals surface area contributed by atoms with Gasteiger partial charge in [0.15, 0.2) is 0 Å². The second-order valence-electron chi connectivity index (χ2n) is 5.95. The zero-order valence-corrected chi connectivity index (χ0v) is 12.8. The molecule has 5 heteroatoms. The van der Waals surface area contributed by atoms with Gasteiger partial charge in [0.05, 0.1) is 12.7 Å². The molecule has 1 amide bonds. The van der Waals surface area contributed by atoms with Crippen molar-refractivity contribution >= 4 is 5.91 Å². The zero-order chi connectivity index (χ0) is 16.2. The van der Waals surface area contributed by atoms with Gasteiger partial charge in [0.25, 0.3) is 0 Å². The molecule has 1 aromatic carbocycles. The smallest absolute Gasteiger partial charge is 0.227 e. The minimum atomic E-state index is -0.700. The number of carbonyl (C=O) groups excluding carboxylic acids is 1. The molecule has 2 atom stereocenters. The quantitative estimate of drug-likeness (QED) is 0.922. The number of aliphatic hydroxyl groups is 1. The monoisotopic (exact) mass is 317 g/mol. The van der Waals surface area contributed by atoms with Crippen LogP contribution in [0, 0.1) is 5.82 Å². The fourth-order valence-corrected chi connectivity index (χ4v) is 3.14. The molecule has 1 fully saturated rings. The maximum Gasteiger partial charge on any atom is 0.227 e. The summed E-state index contributed by atoms with van der Waals surface area (Å²) in [7, 11) is 0. The van der Waals surface area contributed by atoms with Crippen molar-refractivity contribution in [1.82, 2.24) is 4.90 Å². The zero-order valence-electron chi connectivity index (χ0n) is 12.8. The van der Waals surface area contributed by atoms with E-state index in [0.29, 0.717) is 18.7 Å².